The van der Waals surface area contributed by atoms with Gasteiger partial charge in [-0.25, -0.2) is 0 Å². The lowest BCUT2D eigenvalue weighted by molar-refractivity contribution is 1.20. The maximum atomic E-state index is 10.9. The van der Waals surface area contributed by atoms with Gasteiger partial charge in [-0.2, -0.15) is 0 Å². The zero-order valence-electron chi connectivity index (χ0n) is 6.66. The van der Waals surface area contributed by atoms with Gasteiger partial charge in [-0.3, -0.25) is 9.78 Å². The van der Waals surface area contributed by atoms with E-state index in [0.29, 0.717) is 0 Å². The Balaban J connectivity index is 2.89. The van der Waals surface area contributed by atoms with Crippen LogP contribution in [-0.2, 0) is 0 Å². The topological polar surface area (TPSA) is 45.8 Å². The van der Waals surface area contributed by atoms with Gasteiger partial charge in [0.1, 0.15) is 0 Å². The van der Waals surface area contributed by atoms with Gasteiger partial charge in [-0.1, -0.05) is 0 Å². The molecule has 0 radical (unpaired) electrons. The average Bonchev–Trinajstić information content (AvgIpc) is 2.03. The van der Waals surface area contributed by atoms with E-state index >= 15 is 0 Å². The van der Waals surface area contributed by atoms with Crippen LogP contribution in [0.5, 0.6) is 0 Å². The lowest BCUT2D eigenvalue weighted by atomic mass is 10.2. The maximum Gasteiger partial charge on any atom is 0.248 e. The summed E-state index contributed by atoms with van der Waals surface area (Å²) in [6.45, 7) is 1.89. The fourth-order valence-corrected chi connectivity index (χ4v) is 1.15. The lowest BCUT2D eigenvalue weighted by Gasteiger charge is -1.96. The molecule has 0 aliphatic rings. The molecule has 3 heteroatoms. The molecule has 2 rings (SSSR count). The fraction of sp³-hybridized carbons (Fsp3) is 0.111. The van der Waals surface area contributed by atoms with E-state index in [1.165, 1.54) is 6.07 Å². The molecule has 0 spiro atoms. The second-order valence-electron chi connectivity index (χ2n) is 2.74. The van der Waals surface area contributed by atoms with Gasteiger partial charge in [0.05, 0.1) is 5.52 Å². The van der Waals surface area contributed by atoms with Gasteiger partial charge < -0.3 is 4.98 Å². The highest BCUT2D eigenvalue weighted by Gasteiger charge is 1.93. The summed E-state index contributed by atoms with van der Waals surface area (Å²) in [6.07, 6.45) is 1.75. The summed E-state index contributed by atoms with van der Waals surface area (Å²) in [7, 11) is 0. The van der Waals surface area contributed by atoms with Gasteiger partial charge in [-0.05, 0) is 19.1 Å². The second-order valence-corrected chi connectivity index (χ2v) is 2.74. The third-order valence-corrected chi connectivity index (χ3v) is 1.74. The Morgan fingerprint density at radius 2 is 2.25 bits per heavy atom. The molecule has 0 bridgehead atoms. The van der Waals surface area contributed by atoms with Crippen LogP contribution in [0.25, 0.3) is 10.9 Å². The molecule has 2 aromatic heterocycles. The predicted octanol–water partition coefficient (Wildman–Crippen LogP) is 1.23. The Kier molecular flexibility index (Phi) is 1.43. The Bertz CT molecular complexity index is 473. The van der Waals surface area contributed by atoms with Crippen molar-refractivity contribution in [2.75, 3.05) is 0 Å². The minimum Gasteiger partial charge on any atom is -0.322 e. The number of aromatic nitrogens is 2. The first-order chi connectivity index (χ1) is 5.75. The van der Waals surface area contributed by atoms with Crippen molar-refractivity contribution in [2.24, 2.45) is 0 Å². The van der Waals surface area contributed by atoms with Crippen LogP contribution >= 0.6 is 0 Å². The van der Waals surface area contributed by atoms with E-state index in [1.54, 1.807) is 12.3 Å². The number of fused-ring (bicyclic) bond motifs is 1. The SMILES string of the molecule is Cc1cc2[nH]c(=O)ccc2cn1. The van der Waals surface area contributed by atoms with Crippen LogP contribution in [0.2, 0.25) is 0 Å². The number of aryl methyl sites for hydroxylation is 1. The summed E-state index contributed by atoms with van der Waals surface area (Å²) >= 11 is 0. The Hall–Kier alpha value is -1.64. The number of nitrogens with one attached hydrogen (secondary N) is 1. The predicted molar refractivity (Wildman–Crippen MR) is 47.1 cm³/mol. The number of rotatable bonds is 0. The molecule has 0 aliphatic carbocycles. The highest BCUT2D eigenvalue weighted by Crippen LogP contribution is 2.07. The molecular formula is C9H8N2O. The summed E-state index contributed by atoms with van der Waals surface area (Å²) in [4.78, 5) is 17.8. The molecule has 0 amide bonds. The van der Waals surface area contributed by atoms with Crippen molar-refractivity contribution in [1.82, 2.24) is 9.97 Å². The Morgan fingerprint density at radius 1 is 1.42 bits per heavy atom. The van der Waals surface area contributed by atoms with E-state index in [1.807, 2.05) is 13.0 Å². The van der Waals surface area contributed by atoms with Crippen LogP contribution in [0.3, 0.4) is 0 Å². The Morgan fingerprint density at radius 3 is 3.08 bits per heavy atom. The third kappa shape index (κ3) is 1.09. The van der Waals surface area contributed by atoms with Crippen molar-refractivity contribution < 1.29 is 0 Å². The molecule has 0 saturated heterocycles. The van der Waals surface area contributed by atoms with E-state index in [2.05, 4.69) is 9.97 Å². The van der Waals surface area contributed by atoms with Crippen molar-refractivity contribution in [3.05, 3.63) is 40.4 Å². The number of hydrogen-bond acceptors (Lipinski definition) is 2. The first kappa shape index (κ1) is 7.03. The molecule has 60 valence electrons. The van der Waals surface area contributed by atoms with Crippen LogP contribution in [0.1, 0.15) is 5.69 Å². The molecule has 2 heterocycles. The van der Waals surface area contributed by atoms with Gasteiger partial charge in [0.25, 0.3) is 0 Å². The molecule has 0 aliphatic heterocycles. The number of hydrogen-bond donors (Lipinski definition) is 1. The summed E-state index contributed by atoms with van der Waals surface area (Å²) in [6, 6.07) is 5.12. The van der Waals surface area contributed by atoms with E-state index in [9.17, 15) is 4.79 Å². The van der Waals surface area contributed by atoms with Crippen molar-refractivity contribution in [2.45, 2.75) is 6.92 Å². The molecule has 3 nitrogen and oxygen atoms in total. The molecule has 0 fully saturated rings. The van der Waals surface area contributed by atoms with Crippen molar-refractivity contribution >= 4 is 10.9 Å². The molecule has 0 aromatic carbocycles. The van der Waals surface area contributed by atoms with Gasteiger partial charge in [0, 0.05) is 23.3 Å². The summed E-state index contributed by atoms with van der Waals surface area (Å²) < 4.78 is 0. The minimum atomic E-state index is -0.0758. The number of aromatic amines is 1. The van der Waals surface area contributed by atoms with Gasteiger partial charge in [0.15, 0.2) is 0 Å². The zero-order chi connectivity index (χ0) is 8.55. The first-order valence-electron chi connectivity index (χ1n) is 3.71. The number of pyridine rings is 2. The van der Waals surface area contributed by atoms with Crippen molar-refractivity contribution in [3.63, 3.8) is 0 Å². The fourth-order valence-electron chi connectivity index (χ4n) is 1.15. The smallest absolute Gasteiger partial charge is 0.248 e. The number of nitrogens with zero attached hydrogens (tertiary/aromatic N) is 1. The zero-order valence-corrected chi connectivity index (χ0v) is 6.66. The maximum absolute atomic E-state index is 10.9. The standard InChI is InChI=1S/C9H8N2O/c1-6-4-8-7(5-10-6)2-3-9(12)11-8/h2-5H,1H3,(H,11,12). The van der Waals surface area contributed by atoms with Crippen LogP contribution < -0.4 is 5.56 Å². The molecule has 0 unspecified atom stereocenters. The van der Waals surface area contributed by atoms with Crippen molar-refractivity contribution in [3.8, 4) is 0 Å². The summed E-state index contributed by atoms with van der Waals surface area (Å²) in [5.41, 5.74) is 1.67. The first-order valence-corrected chi connectivity index (χ1v) is 3.71. The van der Waals surface area contributed by atoms with Crippen LogP contribution in [0.15, 0.2) is 29.2 Å². The largest absolute Gasteiger partial charge is 0.322 e. The molecule has 1 N–H and O–H groups in total. The molecule has 2 aromatic rings. The highest BCUT2D eigenvalue weighted by atomic mass is 16.1. The average molecular weight is 160 g/mol. The Labute approximate surface area is 69.1 Å². The van der Waals surface area contributed by atoms with Gasteiger partial charge in [0.2, 0.25) is 5.56 Å². The van der Waals surface area contributed by atoms with E-state index < -0.39 is 0 Å². The highest BCUT2D eigenvalue weighted by molar-refractivity contribution is 5.77. The number of H-pyrrole nitrogens is 1. The molecular weight excluding hydrogens is 152 g/mol. The van der Waals surface area contributed by atoms with Crippen LogP contribution in [-0.4, -0.2) is 9.97 Å². The lowest BCUT2D eigenvalue weighted by Crippen LogP contribution is -2.02. The van der Waals surface area contributed by atoms with E-state index in [0.717, 1.165) is 16.6 Å². The van der Waals surface area contributed by atoms with Crippen LogP contribution in [0.4, 0.5) is 0 Å². The van der Waals surface area contributed by atoms with Crippen LogP contribution in [0, 0.1) is 6.92 Å². The molecule has 0 saturated carbocycles. The minimum absolute atomic E-state index is 0.0758. The quantitative estimate of drug-likeness (QED) is 0.630. The van der Waals surface area contributed by atoms with Crippen molar-refractivity contribution in [1.29, 1.82) is 0 Å². The molecule has 12 heavy (non-hydrogen) atoms. The summed E-state index contributed by atoms with van der Waals surface area (Å²) in [5, 5.41) is 0.959. The third-order valence-electron chi connectivity index (χ3n) is 1.74. The van der Waals surface area contributed by atoms with E-state index in [-0.39, 0.29) is 5.56 Å². The van der Waals surface area contributed by atoms with Gasteiger partial charge in [-0.15, -0.1) is 0 Å². The summed E-state index contributed by atoms with van der Waals surface area (Å²) in [5.74, 6) is 0. The monoisotopic (exact) mass is 160 g/mol. The molecule has 0 atom stereocenters. The normalized spacial score (nSPS) is 10.4. The van der Waals surface area contributed by atoms with Gasteiger partial charge >= 0.3 is 0 Å². The second kappa shape index (κ2) is 2.44. The van der Waals surface area contributed by atoms with E-state index in [4.69, 9.17) is 0 Å².